The number of pyridine rings is 1. The van der Waals surface area contributed by atoms with E-state index in [4.69, 9.17) is 5.73 Å². The highest BCUT2D eigenvalue weighted by Gasteiger charge is 2.14. The molecule has 6 heteroatoms. The van der Waals surface area contributed by atoms with Gasteiger partial charge in [0.05, 0.1) is 28.5 Å². The predicted octanol–water partition coefficient (Wildman–Crippen LogP) is 3.29. The molecule has 0 radical (unpaired) electrons. The number of hydrogen-bond acceptors (Lipinski definition) is 3. The van der Waals surface area contributed by atoms with E-state index in [1.807, 2.05) is 38.4 Å². The molecule has 1 aromatic heterocycles. The maximum absolute atomic E-state index is 12.4. The molecular formula is C18H16BrN4O+. The fourth-order valence-electron chi connectivity index (χ4n) is 2.45. The molecule has 5 nitrogen and oxygen atoms in total. The van der Waals surface area contributed by atoms with E-state index in [2.05, 4.69) is 25.9 Å². The summed E-state index contributed by atoms with van der Waals surface area (Å²) in [7, 11) is 3.72. The summed E-state index contributed by atoms with van der Waals surface area (Å²) in [6.07, 6.45) is 3.18. The van der Waals surface area contributed by atoms with Crippen LogP contribution in [-0.4, -0.2) is 42.0 Å². The Hall–Kier alpha value is -2.60. The van der Waals surface area contributed by atoms with Gasteiger partial charge in [0.25, 0.3) is 5.91 Å². The number of rotatable bonds is 2. The molecule has 3 rings (SSSR count). The lowest BCUT2D eigenvalue weighted by atomic mass is 10.0. The molecule has 2 N–H and O–H groups in total. The molecule has 3 aromatic rings. The third kappa shape index (κ3) is 3.05. The Morgan fingerprint density at radius 2 is 2.04 bits per heavy atom. The van der Waals surface area contributed by atoms with Crippen LogP contribution in [-0.2, 0) is 0 Å². The van der Waals surface area contributed by atoms with Gasteiger partial charge in [-0.05, 0) is 24.3 Å². The molecular weight excluding hydrogens is 368 g/mol. The van der Waals surface area contributed by atoms with Crippen LogP contribution in [0.5, 0.6) is 0 Å². The van der Waals surface area contributed by atoms with Crippen molar-refractivity contribution in [3.05, 3.63) is 46.4 Å². The number of anilines is 1. The summed E-state index contributed by atoms with van der Waals surface area (Å²) in [6.45, 7) is 0. The Kier molecular flexibility index (Phi) is 4.40. The summed E-state index contributed by atoms with van der Waals surface area (Å²) >= 11 is 3.44. The first-order valence-electron chi connectivity index (χ1n) is 7.33. The van der Waals surface area contributed by atoms with Crippen LogP contribution < -0.4 is 5.73 Å². The molecule has 0 spiro atoms. The number of para-hydroxylation sites is 1. The molecule has 0 fully saturated rings. The first kappa shape index (κ1) is 16.3. The molecule has 24 heavy (non-hydrogen) atoms. The number of carbonyl (C=O) groups is 1. The number of nitrogens with two attached hydrogens (primary N) is 1. The normalized spacial score (nSPS) is 11.3. The van der Waals surface area contributed by atoms with Gasteiger partial charge in [-0.15, -0.1) is 0 Å². The van der Waals surface area contributed by atoms with Gasteiger partial charge in [-0.3, -0.25) is 4.79 Å². The second-order valence-corrected chi connectivity index (χ2v) is 6.50. The standard InChI is InChI=1S/C18H15BrN4O/c1-23(2)9-8-21-18(24)14-5-3-4-13-16(20)12-7-6-11(19)10-15(12)22-17(13)14/h3-10H,1-2H3,(H-,20,22,24)/p+1. The monoisotopic (exact) mass is 383 g/mol. The van der Waals surface area contributed by atoms with Crippen LogP contribution in [0, 0.1) is 0 Å². The van der Waals surface area contributed by atoms with Crippen LogP contribution >= 0.6 is 15.9 Å². The van der Waals surface area contributed by atoms with E-state index in [9.17, 15) is 4.79 Å². The van der Waals surface area contributed by atoms with Gasteiger partial charge < -0.3 is 5.73 Å². The minimum absolute atomic E-state index is 0.347. The molecule has 120 valence electrons. The third-order valence-electron chi connectivity index (χ3n) is 3.60. The van der Waals surface area contributed by atoms with Crippen molar-refractivity contribution in [1.82, 2.24) is 4.98 Å². The first-order chi connectivity index (χ1) is 11.5. The highest BCUT2D eigenvalue weighted by Crippen LogP contribution is 2.31. The second kappa shape index (κ2) is 6.49. The van der Waals surface area contributed by atoms with Crippen LogP contribution in [0.1, 0.15) is 10.4 Å². The number of benzene rings is 2. The number of nitrogens with zero attached hydrogens (tertiary/aromatic N) is 3. The number of nitrogen functional groups attached to an aromatic ring is 1. The molecule has 0 aliphatic carbocycles. The molecule has 2 aromatic carbocycles. The lowest BCUT2D eigenvalue weighted by Gasteiger charge is -2.09. The number of carbonyl (C=O) groups excluding carboxylic acids is 1. The van der Waals surface area contributed by atoms with Crippen molar-refractivity contribution in [2.75, 3.05) is 19.8 Å². The summed E-state index contributed by atoms with van der Waals surface area (Å²) in [6, 6.07) is 11.1. The maximum atomic E-state index is 12.4. The Bertz CT molecular complexity index is 1020. The highest BCUT2D eigenvalue weighted by molar-refractivity contribution is 9.10. The van der Waals surface area contributed by atoms with E-state index in [1.54, 1.807) is 22.9 Å². The molecule has 0 unspecified atom stereocenters. The van der Waals surface area contributed by atoms with Gasteiger partial charge in [0.2, 0.25) is 0 Å². The van der Waals surface area contributed by atoms with Crippen LogP contribution in [0.3, 0.4) is 0 Å². The van der Waals surface area contributed by atoms with Gasteiger partial charge >= 0.3 is 0 Å². The van der Waals surface area contributed by atoms with Gasteiger partial charge in [0.1, 0.15) is 14.1 Å². The van der Waals surface area contributed by atoms with E-state index in [0.29, 0.717) is 16.8 Å². The van der Waals surface area contributed by atoms with Gasteiger partial charge in [-0.25, -0.2) is 14.6 Å². The smallest absolute Gasteiger partial charge is 0.279 e. The minimum atomic E-state index is -0.347. The third-order valence-corrected chi connectivity index (χ3v) is 4.09. The number of hydrogen-bond donors (Lipinski definition) is 1. The molecule has 0 bridgehead atoms. The van der Waals surface area contributed by atoms with Gasteiger partial charge in [-0.1, -0.05) is 28.1 Å². The topological polar surface area (TPSA) is 71.3 Å². The number of aliphatic imine (C=N–C) groups is 1. The summed E-state index contributed by atoms with van der Waals surface area (Å²) < 4.78 is 2.71. The maximum Gasteiger partial charge on any atom is 0.279 e. The first-order valence-corrected chi connectivity index (χ1v) is 8.12. The van der Waals surface area contributed by atoms with E-state index >= 15 is 0 Å². The zero-order chi connectivity index (χ0) is 17.3. The molecule has 0 aliphatic heterocycles. The number of fused-ring (bicyclic) bond motifs is 2. The largest absolute Gasteiger partial charge is 0.398 e. The zero-order valence-corrected chi connectivity index (χ0v) is 14.9. The summed E-state index contributed by atoms with van der Waals surface area (Å²) in [5, 5.41) is 1.61. The quantitative estimate of drug-likeness (QED) is 0.419. The predicted molar refractivity (Wildman–Crippen MR) is 102 cm³/mol. The van der Waals surface area contributed by atoms with Crippen molar-refractivity contribution >= 4 is 61.8 Å². The fraction of sp³-hybridized carbons (Fsp3) is 0.111. The molecule has 0 aliphatic rings. The van der Waals surface area contributed by atoms with Crippen molar-refractivity contribution in [3.63, 3.8) is 0 Å². The lowest BCUT2D eigenvalue weighted by Crippen LogP contribution is -2.03. The van der Waals surface area contributed by atoms with Crippen molar-refractivity contribution in [2.45, 2.75) is 0 Å². The van der Waals surface area contributed by atoms with Crippen molar-refractivity contribution < 1.29 is 9.37 Å². The fourth-order valence-corrected chi connectivity index (χ4v) is 2.80. The molecule has 0 saturated carbocycles. The zero-order valence-electron chi connectivity index (χ0n) is 13.3. The Morgan fingerprint density at radius 1 is 1.25 bits per heavy atom. The number of amides is 1. The van der Waals surface area contributed by atoms with Crippen molar-refractivity contribution in [2.24, 2.45) is 4.99 Å². The average Bonchev–Trinajstić information content (AvgIpc) is 2.54. The molecule has 0 saturated heterocycles. The van der Waals surface area contributed by atoms with Crippen LogP contribution in [0.15, 0.2) is 45.9 Å². The van der Waals surface area contributed by atoms with Gasteiger partial charge in [0, 0.05) is 15.2 Å². The van der Waals surface area contributed by atoms with Crippen LogP contribution in [0.2, 0.25) is 0 Å². The number of halogens is 1. The van der Waals surface area contributed by atoms with E-state index in [1.165, 1.54) is 6.21 Å². The summed E-state index contributed by atoms with van der Waals surface area (Å²) in [4.78, 5) is 21.0. The van der Waals surface area contributed by atoms with Gasteiger partial charge in [-0.2, -0.15) is 0 Å². The Labute approximate surface area is 147 Å². The molecule has 1 heterocycles. The summed E-state index contributed by atoms with van der Waals surface area (Å²) in [5.41, 5.74) is 8.64. The van der Waals surface area contributed by atoms with Crippen molar-refractivity contribution in [1.29, 1.82) is 0 Å². The average molecular weight is 384 g/mol. The molecule has 1 amide bonds. The van der Waals surface area contributed by atoms with Gasteiger partial charge in [0.15, 0.2) is 6.21 Å². The SMILES string of the molecule is C[N+](C)=CC=NC(=O)c1cccc2c(N)c3ccc(Br)cc3nc12. The van der Waals surface area contributed by atoms with E-state index in [-0.39, 0.29) is 5.91 Å². The molecule has 0 atom stereocenters. The summed E-state index contributed by atoms with van der Waals surface area (Å²) in [5.74, 6) is -0.347. The highest BCUT2D eigenvalue weighted by atomic mass is 79.9. The van der Waals surface area contributed by atoms with Crippen molar-refractivity contribution in [3.8, 4) is 0 Å². The van der Waals surface area contributed by atoms with E-state index < -0.39 is 0 Å². The van der Waals surface area contributed by atoms with Crippen LogP contribution in [0.25, 0.3) is 21.8 Å². The Balaban J connectivity index is 2.22. The minimum Gasteiger partial charge on any atom is -0.398 e. The lowest BCUT2D eigenvalue weighted by molar-refractivity contribution is -0.457. The second-order valence-electron chi connectivity index (χ2n) is 5.58. The van der Waals surface area contributed by atoms with Crippen LogP contribution in [0.4, 0.5) is 5.69 Å². The Morgan fingerprint density at radius 3 is 2.79 bits per heavy atom. The number of aromatic nitrogens is 1. The van der Waals surface area contributed by atoms with E-state index in [0.717, 1.165) is 20.8 Å².